The second-order valence-electron chi connectivity index (χ2n) is 8.48. The van der Waals surface area contributed by atoms with Gasteiger partial charge >= 0.3 is 0 Å². The van der Waals surface area contributed by atoms with Crippen molar-refractivity contribution in [1.29, 1.82) is 0 Å². The number of carbonyl (C=O) groups is 1. The van der Waals surface area contributed by atoms with E-state index in [1.54, 1.807) is 6.20 Å². The highest BCUT2D eigenvalue weighted by Crippen LogP contribution is 2.21. The van der Waals surface area contributed by atoms with Crippen LogP contribution in [-0.2, 0) is 24.1 Å². The molecule has 3 unspecified atom stereocenters. The molecule has 8 heteroatoms. The van der Waals surface area contributed by atoms with E-state index in [0.29, 0.717) is 23.6 Å². The lowest BCUT2D eigenvalue weighted by Gasteiger charge is -2.27. The third-order valence-electron chi connectivity index (χ3n) is 5.61. The Morgan fingerprint density at radius 3 is 2.47 bits per heavy atom. The Morgan fingerprint density at radius 1 is 1.12 bits per heavy atom. The van der Waals surface area contributed by atoms with Crippen LogP contribution >= 0.6 is 0 Å². The van der Waals surface area contributed by atoms with Crippen LogP contribution in [0.15, 0.2) is 53.1 Å². The van der Waals surface area contributed by atoms with Gasteiger partial charge in [0.25, 0.3) is 0 Å². The Morgan fingerprint density at radius 2 is 1.85 bits per heavy atom. The van der Waals surface area contributed by atoms with Gasteiger partial charge < -0.3 is 20.2 Å². The van der Waals surface area contributed by atoms with Crippen molar-refractivity contribution >= 4 is 5.91 Å². The van der Waals surface area contributed by atoms with Crippen molar-refractivity contribution in [2.45, 2.75) is 58.2 Å². The molecule has 3 rings (SSSR count). The quantitative estimate of drug-likeness (QED) is 0.396. The molecule has 6 nitrogen and oxygen atoms in total. The molecule has 0 aliphatic rings. The van der Waals surface area contributed by atoms with Crippen molar-refractivity contribution in [3.8, 4) is 0 Å². The normalized spacial score (nSPS) is 13.9. The van der Waals surface area contributed by atoms with Crippen molar-refractivity contribution in [3.63, 3.8) is 0 Å². The van der Waals surface area contributed by atoms with Crippen molar-refractivity contribution in [2.24, 2.45) is 0 Å². The molecule has 0 saturated carbocycles. The summed E-state index contributed by atoms with van der Waals surface area (Å²) in [4.78, 5) is 16.0. The second kappa shape index (κ2) is 11.9. The zero-order chi connectivity index (χ0) is 24.7. The van der Waals surface area contributed by atoms with Crippen LogP contribution in [0.5, 0.6) is 0 Å². The van der Waals surface area contributed by atoms with E-state index in [9.17, 15) is 18.7 Å². The first-order chi connectivity index (χ1) is 16.2. The van der Waals surface area contributed by atoms with Crippen molar-refractivity contribution in [2.75, 3.05) is 6.54 Å². The first kappa shape index (κ1) is 25.5. The largest absolute Gasteiger partial charge is 0.446 e. The number of rotatable bonds is 11. The SMILES string of the molecule is CCc1cccc(C(Cc2ncc(C)o2)NCC(O)C(Cc2cc(F)cc(F)c2)NC(C)=O)c1. The van der Waals surface area contributed by atoms with E-state index in [1.165, 1.54) is 24.6 Å². The highest BCUT2D eigenvalue weighted by atomic mass is 19.1. The number of nitrogens with zero attached hydrogens (tertiary/aromatic N) is 1. The van der Waals surface area contributed by atoms with E-state index < -0.39 is 23.8 Å². The Bertz CT molecular complexity index is 1080. The van der Waals surface area contributed by atoms with E-state index in [2.05, 4.69) is 34.7 Å². The van der Waals surface area contributed by atoms with Crippen LogP contribution < -0.4 is 10.6 Å². The molecule has 1 amide bonds. The number of aromatic nitrogens is 1. The van der Waals surface area contributed by atoms with E-state index >= 15 is 0 Å². The van der Waals surface area contributed by atoms with Crippen molar-refractivity contribution in [1.82, 2.24) is 15.6 Å². The number of aliphatic hydroxyl groups is 1. The molecule has 0 aliphatic heterocycles. The molecular weight excluding hydrogens is 440 g/mol. The van der Waals surface area contributed by atoms with Gasteiger partial charge in [0.05, 0.1) is 18.3 Å². The maximum absolute atomic E-state index is 13.6. The summed E-state index contributed by atoms with van der Waals surface area (Å²) in [6, 6.07) is 10.4. The smallest absolute Gasteiger partial charge is 0.217 e. The Kier molecular flexibility index (Phi) is 8.90. The monoisotopic (exact) mass is 471 g/mol. The minimum absolute atomic E-state index is 0.0754. The predicted molar refractivity (Wildman–Crippen MR) is 125 cm³/mol. The first-order valence-corrected chi connectivity index (χ1v) is 11.4. The van der Waals surface area contributed by atoms with Gasteiger partial charge in [0, 0.05) is 32.0 Å². The van der Waals surface area contributed by atoms with Gasteiger partial charge in [-0.2, -0.15) is 0 Å². The average molecular weight is 472 g/mol. The molecule has 0 spiro atoms. The molecule has 0 radical (unpaired) electrons. The molecule has 34 heavy (non-hydrogen) atoms. The van der Waals surface area contributed by atoms with Gasteiger partial charge in [-0.25, -0.2) is 13.8 Å². The highest BCUT2D eigenvalue weighted by molar-refractivity contribution is 5.73. The summed E-state index contributed by atoms with van der Waals surface area (Å²) in [5.74, 6) is -0.477. The van der Waals surface area contributed by atoms with Crippen LogP contribution in [0.2, 0.25) is 0 Å². The number of nitrogens with one attached hydrogen (secondary N) is 2. The third-order valence-corrected chi connectivity index (χ3v) is 5.61. The molecule has 3 atom stereocenters. The molecule has 0 aliphatic carbocycles. The van der Waals surface area contributed by atoms with Crippen LogP contribution in [0, 0.1) is 18.6 Å². The predicted octanol–water partition coefficient (Wildman–Crippen LogP) is 3.81. The highest BCUT2D eigenvalue weighted by Gasteiger charge is 2.24. The number of benzene rings is 2. The molecule has 0 saturated heterocycles. The van der Waals surface area contributed by atoms with Gasteiger partial charge in [-0.05, 0) is 48.6 Å². The number of carbonyl (C=O) groups excluding carboxylic acids is 1. The standard InChI is InChI=1S/C26H31F2N3O3/c1-4-18-6-5-7-20(8-18)23(13-26-30-14-16(2)34-26)29-15-25(33)24(31-17(3)32)11-19-9-21(27)12-22(28)10-19/h5-10,12,14,23-25,29,33H,4,11,13,15H2,1-3H3,(H,31,32). The number of oxazole rings is 1. The fraction of sp³-hybridized carbons (Fsp3) is 0.385. The topological polar surface area (TPSA) is 87.4 Å². The molecular formula is C26H31F2N3O3. The van der Waals surface area contributed by atoms with E-state index in [0.717, 1.165) is 18.1 Å². The Hall–Kier alpha value is -3.10. The maximum atomic E-state index is 13.6. The summed E-state index contributed by atoms with van der Waals surface area (Å²) in [5, 5.41) is 17.0. The lowest BCUT2D eigenvalue weighted by atomic mass is 9.98. The third kappa shape index (κ3) is 7.46. The lowest BCUT2D eigenvalue weighted by molar-refractivity contribution is -0.120. The molecule has 3 aromatic rings. The molecule has 1 heterocycles. The summed E-state index contributed by atoms with van der Waals surface area (Å²) in [6.07, 6.45) is 2.07. The minimum atomic E-state index is -1.02. The summed E-state index contributed by atoms with van der Waals surface area (Å²) in [7, 11) is 0. The minimum Gasteiger partial charge on any atom is -0.446 e. The first-order valence-electron chi connectivity index (χ1n) is 11.4. The molecule has 0 fully saturated rings. The molecule has 1 aromatic heterocycles. The van der Waals surface area contributed by atoms with Crippen LogP contribution in [0.1, 0.15) is 48.2 Å². The summed E-state index contributed by atoms with van der Waals surface area (Å²) < 4.78 is 32.9. The summed E-state index contributed by atoms with van der Waals surface area (Å²) in [6.45, 7) is 5.37. The maximum Gasteiger partial charge on any atom is 0.217 e. The summed E-state index contributed by atoms with van der Waals surface area (Å²) >= 11 is 0. The van der Waals surface area contributed by atoms with Gasteiger partial charge in [0.2, 0.25) is 5.91 Å². The van der Waals surface area contributed by atoms with E-state index in [1.807, 2.05) is 19.1 Å². The van der Waals surface area contributed by atoms with Crippen LogP contribution in [-0.4, -0.2) is 34.7 Å². The zero-order valence-electron chi connectivity index (χ0n) is 19.6. The number of hydrogen-bond acceptors (Lipinski definition) is 5. The molecule has 0 bridgehead atoms. The number of amides is 1. The molecule has 182 valence electrons. The second-order valence-corrected chi connectivity index (χ2v) is 8.48. The van der Waals surface area contributed by atoms with Crippen molar-refractivity contribution in [3.05, 3.63) is 88.6 Å². The Labute approximate surface area is 198 Å². The van der Waals surface area contributed by atoms with Gasteiger partial charge in [0.1, 0.15) is 17.4 Å². The van der Waals surface area contributed by atoms with Crippen LogP contribution in [0.25, 0.3) is 0 Å². The lowest BCUT2D eigenvalue weighted by Crippen LogP contribution is -2.48. The summed E-state index contributed by atoms with van der Waals surface area (Å²) in [5.41, 5.74) is 2.54. The Balaban J connectivity index is 1.76. The number of aliphatic hydroxyl groups excluding tert-OH is 1. The zero-order valence-corrected chi connectivity index (χ0v) is 19.6. The van der Waals surface area contributed by atoms with Gasteiger partial charge in [-0.3, -0.25) is 4.79 Å². The molecule has 3 N–H and O–H groups in total. The van der Waals surface area contributed by atoms with Crippen LogP contribution in [0.3, 0.4) is 0 Å². The van der Waals surface area contributed by atoms with Gasteiger partial charge in [-0.1, -0.05) is 31.2 Å². The number of aryl methyl sites for hydroxylation is 2. The van der Waals surface area contributed by atoms with E-state index in [-0.39, 0.29) is 24.9 Å². The average Bonchev–Trinajstić information content (AvgIpc) is 3.19. The fourth-order valence-electron chi connectivity index (χ4n) is 3.94. The van der Waals surface area contributed by atoms with E-state index in [4.69, 9.17) is 4.42 Å². The van der Waals surface area contributed by atoms with Gasteiger partial charge in [0.15, 0.2) is 5.89 Å². The van der Waals surface area contributed by atoms with Crippen LogP contribution in [0.4, 0.5) is 8.78 Å². The number of halogens is 2. The van der Waals surface area contributed by atoms with Crippen molar-refractivity contribution < 1.29 is 23.1 Å². The fourth-order valence-corrected chi connectivity index (χ4v) is 3.94. The molecule has 2 aromatic carbocycles. The van der Waals surface area contributed by atoms with Gasteiger partial charge in [-0.15, -0.1) is 0 Å². The number of hydrogen-bond donors (Lipinski definition) is 3.